The third-order valence-corrected chi connectivity index (χ3v) is 9.06. The maximum atomic E-state index is 13.2. The lowest BCUT2D eigenvalue weighted by molar-refractivity contribution is -0.182. The molecule has 0 radical (unpaired) electrons. The minimum atomic E-state index is -1.63. The van der Waals surface area contributed by atoms with E-state index in [0.717, 1.165) is 18.4 Å². The van der Waals surface area contributed by atoms with Crippen molar-refractivity contribution in [1.29, 1.82) is 0 Å². The number of esters is 1. The molecule has 0 aromatic heterocycles. The Labute approximate surface area is 190 Å². The van der Waals surface area contributed by atoms with Crippen LogP contribution in [-0.4, -0.2) is 46.1 Å². The molecule has 3 saturated carbocycles. The Morgan fingerprint density at radius 3 is 2.56 bits per heavy atom. The van der Waals surface area contributed by atoms with Crippen LogP contribution in [0.5, 0.6) is 0 Å². The molecule has 0 bridgehead atoms. The molecule has 0 aromatic rings. The highest BCUT2D eigenvalue weighted by Gasteiger charge is 2.68. The fraction of sp³-hybridized carbons (Fsp3) is 0.731. The number of aliphatic hydroxyl groups excluding tert-OH is 1. The van der Waals surface area contributed by atoms with Crippen molar-refractivity contribution < 1.29 is 29.3 Å². The van der Waals surface area contributed by atoms with E-state index in [2.05, 4.69) is 6.92 Å². The number of carbonyl (C=O) groups is 3. The van der Waals surface area contributed by atoms with Crippen LogP contribution >= 0.6 is 0 Å². The monoisotopic (exact) mass is 444 g/mol. The number of hydrogen-bond donors (Lipinski definition) is 2. The number of aliphatic hydroxyl groups is 2. The normalized spacial score (nSPS) is 43.1. The lowest BCUT2D eigenvalue weighted by atomic mass is 9.46. The molecular weight excluding hydrogens is 408 g/mol. The standard InChI is InChI=1S/C26H36O6/c1-23(2,3)22(30)32-14-20(29)26(31)11-9-18-17-7-6-15-12-16(27)8-10-24(15,4)21(17)19(28)13-25(18,26)5/h8,10,12,17-19,21,28,31H,6-7,9,11,13-14H2,1-5H3/t17-,18-,19+,21+,24+,25-,26-/m1/s1. The number of fused-ring (bicyclic) bond motifs is 5. The number of Topliss-reactive ketones (excluding diaryl/α,β-unsaturated/α-hetero) is 1. The summed E-state index contributed by atoms with van der Waals surface area (Å²) >= 11 is 0. The Kier molecular flexibility index (Phi) is 5.37. The predicted molar refractivity (Wildman–Crippen MR) is 118 cm³/mol. The first kappa shape index (κ1) is 23.4. The zero-order valence-electron chi connectivity index (χ0n) is 19.8. The van der Waals surface area contributed by atoms with E-state index in [-0.39, 0.29) is 29.0 Å². The van der Waals surface area contributed by atoms with Crippen LogP contribution in [0.3, 0.4) is 0 Å². The van der Waals surface area contributed by atoms with E-state index in [1.807, 2.05) is 13.0 Å². The SMILES string of the molecule is CC(C)(C)C(=O)OCC(=O)[C@]1(O)CC[C@@H]2[C@H]3CCC4=CC(=O)C=C[C@]4(C)[C@@H]3[C@@H](O)C[C@]21C. The third-order valence-electron chi connectivity index (χ3n) is 9.06. The van der Waals surface area contributed by atoms with Crippen LogP contribution in [0.1, 0.15) is 66.7 Å². The molecule has 7 atom stereocenters. The summed E-state index contributed by atoms with van der Waals surface area (Å²) in [5.41, 5.74) is -2.45. The highest BCUT2D eigenvalue weighted by Crippen LogP contribution is 2.67. The van der Waals surface area contributed by atoms with Gasteiger partial charge in [0.2, 0.25) is 5.78 Å². The summed E-state index contributed by atoms with van der Waals surface area (Å²) in [7, 11) is 0. The van der Waals surface area contributed by atoms with E-state index in [4.69, 9.17) is 4.74 Å². The van der Waals surface area contributed by atoms with Gasteiger partial charge in [0.05, 0.1) is 11.5 Å². The number of carbonyl (C=O) groups excluding carboxylic acids is 3. The molecule has 0 aliphatic heterocycles. The topological polar surface area (TPSA) is 101 Å². The maximum Gasteiger partial charge on any atom is 0.311 e. The van der Waals surface area contributed by atoms with Crippen molar-refractivity contribution in [2.45, 2.75) is 78.4 Å². The first-order chi connectivity index (χ1) is 14.7. The van der Waals surface area contributed by atoms with Crippen LogP contribution in [0, 0.1) is 34.0 Å². The van der Waals surface area contributed by atoms with Crippen LogP contribution in [0.4, 0.5) is 0 Å². The van der Waals surface area contributed by atoms with Gasteiger partial charge in [0, 0.05) is 16.7 Å². The predicted octanol–water partition coefficient (Wildman–Crippen LogP) is 3.15. The summed E-state index contributed by atoms with van der Waals surface area (Å²) < 4.78 is 5.24. The van der Waals surface area contributed by atoms with Crippen molar-refractivity contribution >= 4 is 17.5 Å². The molecule has 0 unspecified atom stereocenters. The van der Waals surface area contributed by atoms with E-state index in [1.165, 1.54) is 0 Å². The zero-order chi connectivity index (χ0) is 23.7. The molecule has 0 heterocycles. The Balaban J connectivity index is 1.60. The number of ketones is 2. The summed E-state index contributed by atoms with van der Waals surface area (Å²) in [5.74, 6) is -0.791. The quantitative estimate of drug-likeness (QED) is 0.649. The molecule has 4 aliphatic carbocycles. The third kappa shape index (κ3) is 3.25. The molecule has 2 N–H and O–H groups in total. The zero-order valence-corrected chi connectivity index (χ0v) is 19.8. The van der Waals surface area contributed by atoms with Crippen molar-refractivity contribution in [2.75, 3.05) is 6.61 Å². The maximum absolute atomic E-state index is 13.2. The first-order valence-corrected chi connectivity index (χ1v) is 11.8. The van der Waals surface area contributed by atoms with Crippen molar-refractivity contribution in [2.24, 2.45) is 34.0 Å². The minimum absolute atomic E-state index is 0.00305. The van der Waals surface area contributed by atoms with Crippen molar-refractivity contribution in [3.8, 4) is 0 Å². The van der Waals surface area contributed by atoms with Gasteiger partial charge in [-0.3, -0.25) is 14.4 Å². The molecule has 176 valence electrons. The molecule has 3 fully saturated rings. The van der Waals surface area contributed by atoms with Gasteiger partial charge in [0.25, 0.3) is 0 Å². The van der Waals surface area contributed by atoms with Gasteiger partial charge in [-0.05, 0) is 76.9 Å². The van der Waals surface area contributed by atoms with Crippen LogP contribution in [-0.2, 0) is 19.1 Å². The van der Waals surface area contributed by atoms with Gasteiger partial charge in [-0.2, -0.15) is 0 Å². The average molecular weight is 445 g/mol. The van der Waals surface area contributed by atoms with Gasteiger partial charge in [-0.15, -0.1) is 0 Å². The van der Waals surface area contributed by atoms with E-state index in [1.54, 1.807) is 32.9 Å². The summed E-state index contributed by atoms with van der Waals surface area (Å²) in [5, 5.41) is 23.0. The molecule has 4 aliphatic rings. The lowest BCUT2D eigenvalue weighted by Gasteiger charge is -2.59. The first-order valence-electron chi connectivity index (χ1n) is 11.8. The molecule has 0 amide bonds. The molecule has 32 heavy (non-hydrogen) atoms. The highest BCUT2D eigenvalue weighted by molar-refractivity contribution is 6.01. The van der Waals surface area contributed by atoms with Crippen LogP contribution < -0.4 is 0 Å². The van der Waals surface area contributed by atoms with Gasteiger partial charge in [-0.25, -0.2) is 0 Å². The molecule has 0 saturated heterocycles. The van der Waals surface area contributed by atoms with E-state index >= 15 is 0 Å². The summed E-state index contributed by atoms with van der Waals surface area (Å²) in [6.45, 7) is 8.73. The fourth-order valence-electron chi connectivity index (χ4n) is 7.26. The Hall–Kier alpha value is -1.79. The second-order valence-corrected chi connectivity index (χ2v) is 11.9. The molecule has 0 aromatic carbocycles. The Morgan fingerprint density at radius 2 is 1.91 bits per heavy atom. The number of allylic oxidation sites excluding steroid dienone is 4. The smallest absolute Gasteiger partial charge is 0.311 e. The minimum Gasteiger partial charge on any atom is -0.457 e. The highest BCUT2D eigenvalue weighted by atomic mass is 16.5. The van der Waals surface area contributed by atoms with Crippen molar-refractivity contribution in [3.63, 3.8) is 0 Å². The van der Waals surface area contributed by atoms with Crippen molar-refractivity contribution in [3.05, 3.63) is 23.8 Å². The van der Waals surface area contributed by atoms with E-state index in [0.29, 0.717) is 19.3 Å². The summed E-state index contributed by atoms with van der Waals surface area (Å²) in [6, 6.07) is 0. The van der Waals surface area contributed by atoms with Crippen LogP contribution in [0.25, 0.3) is 0 Å². The Morgan fingerprint density at radius 1 is 1.22 bits per heavy atom. The molecule has 6 heteroatoms. The number of hydrogen-bond acceptors (Lipinski definition) is 6. The van der Waals surface area contributed by atoms with Gasteiger partial charge in [0.15, 0.2) is 12.4 Å². The molecule has 4 rings (SSSR count). The largest absolute Gasteiger partial charge is 0.457 e. The number of rotatable bonds is 3. The summed E-state index contributed by atoms with van der Waals surface area (Å²) in [6.07, 6.45) is 7.48. The van der Waals surface area contributed by atoms with Crippen LogP contribution in [0.2, 0.25) is 0 Å². The van der Waals surface area contributed by atoms with Gasteiger partial charge < -0.3 is 14.9 Å². The van der Waals surface area contributed by atoms with Gasteiger partial charge >= 0.3 is 5.97 Å². The lowest BCUT2D eigenvalue weighted by Crippen LogP contribution is -2.61. The van der Waals surface area contributed by atoms with Crippen LogP contribution in [0.15, 0.2) is 23.8 Å². The second kappa shape index (κ2) is 7.36. The molecule has 0 spiro atoms. The molecular formula is C26H36O6. The Bertz CT molecular complexity index is 910. The van der Waals surface area contributed by atoms with E-state index in [9.17, 15) is 24.6 Å². The van der Waals surface area contributed by atoms with Crippen molar-refractivity contribution in [1.82, 2.24) is 0 Å². The van der Waals surface area contributed by atoms with E-state index < -0.39 is 40.9 Å². The molecule has 6 nitrogen and oxygen atoms in total. The van der Waals surface area contributed by atoms with Gasteiger partial charge in [-0.1, -0.05) is 25.5 Å². The fourth-order valence-corrected chi connectivity index (χ4v) is 7.26. The summed E-state index contributed by atoms with van der Waals surface area (Å²) in [4.78, 5) is 37.3. The van der Waals surface area contributed by atoms with Gasteiger partial charge in [0.1, 0.15) is 5.60 Å². The number of ether oxygens (including phenoxy) is 1. The average Bonchev–Trinajstić information content (AvgIpc) is 2.97. The second-order valence-electron chi connectivity index (χ2n) is 11.9.